The molecule has 1 atom stereocenters. The Kier molecular flexibility index (Phi) is 7.62. The molecule has 0 spiro atoms. The first-order valence-corrected chi connectivity index (χ1v) is 10.5. The zero-order valence-electron chi connectivity index (χ0n) is 15.4. The van der Waals surface area contributed by atoms with Crippen molar-refractivity contribution in [3.8, 4) is 0 Å². The Hall–Kier alpha value is -1.21. The highest BCUT2D eigenvalue weighted by molar-refractivity contribution is 7.92. The number of aryl methyl sites for hydroxylation is 1. The second-order valence-electron chi connectivity index (χ2n) is 7.04. The van der Waals surface area contributed by atoms with Gasteiger partial charge in [0, 0.05) is 31.1 Å². The second kappa shape index (κ2) is 9.48. The first-order valence-electron chi connectivity index (χ1n) is 8.92. The molecule has 0 amide bonds. The van der Waals surface area contributed by atoms with E-state index in [2.05, 4.69) is 23.5 Å². The zero-order chi connectivity index (χ0) is 18.3. The molecular formula is C19H30N2O3S. The van der Waals surface area contributed by atoms with Crippen molar-refractivity contribution in [1.29, 1.82) is 0 Å². The lowest BCUT2D eigenvalue weighted by molar-refractivity contribution is 0.0135. The number of morpholine rings is 1. The van der Waals surface area contributed by atoms with Gasteiger partial charge >= 0.3 is 0 Å². The van der Waals surface area contributed by atoms with E-state index in [0.29, 0.717) is 25.7 Å². The van der Waals surface area contributed by atoms with E-state index < -0.39 is 10.0 Å². The molecule has 1 aliphatic heterocycles. The Bertz CT molecular complexity index is 648. The van der Waals surface area contributed by atoms with Crippen molar-refractivity contribution in [1.82, 2.24) is 9.62 Å². The Labute approximate surface area is 152 Å². The standard InChI is InChI=1S/C19H30N2O3S/c1-16(2)14-19(21-9-11-24-12-10-21)15-20-25(22,23)13-8-18-6-4-17(3)5-7-18/h4-8,13,16,19-20H,9-12,14-15H2,1-3H3/b13-8+. The van der Waals surface area contributed by atoms with Crippen molar-refractivity contribution in [3.63, 3.8) is 0 Å². The first-order chi connectivity index (χ1) is 11.9. The van der Waals surface area contributed by atoms with Crippen LogP contribution < -0.4 is 4.72 Å². The van der Waals surface area contributed by atoms with E-state index in [9.17, 15) is 8.42 Å². The number of nitrogens with one attached hydrogen (secondary N) is 1. The minimum atomic E-state index is -3.45. The topological polar surface area (TPSA) is 58.6 Å². The maximum atomic E-state index is 12.3. The third-order valence-electron chi connectivity index (χ3n) is 4.34. The fourth-order valence-electron chi connectivity index (χ4n) is 2.95. The third kappa shape index (κ3) is 7.28. The van der Waals surface area contributed by atoms with Crippen molar-refractivity contribution >= 4 is 16.1 Å². The number of benzene rings is 1. The van der Waals surface area contributed by atoms with Crippen LogP contribution >= 0.6 is 0 Å². The zero-order valence-corrected chi connectivity index (χ0v) is 16.3. The Morgan fingerprint density at radius 2 is 1.84 bits per heavy atom. The van der Waals surface area contributed by atoms with Gasteiger partial charge in [-0.1, -0.05) is 43.7 Å². The maximum absolute atomic E-state index is 12.3. The van der Waals surface area contributed by atoms with E-state index in [1.54, 1.807) is 6.08 Å². The molecule has 25 heavy (non-hydrogen) atoms. The summed E-state index contributed by atoms with van der Waals surface area (Å²) in [6.45, 7) is 9.92. The summed E-state index contributed by atoms with van der Waals surface area (Å²) in [5, 5.41) is 1.25. The summed E-state index contributed by atoms with van der Waals surface area (Å²) in [5.41, 5.74) is 2.03. The molecular weight excluding hydrogens is 336 g/mol. The van der Waals surface area contributed by atoms with Crippen LogP contribution in [-0.4, -0.2) is 52.2 Å². The van der Waals surface area contributed by atoms with Crippen LogP contribution in [0.3, 0.4) is 0 Å². The first kappa shape index (κ1) is 20.1. The summed E-state index contributed by atoms with van der Waals surface area (Å²) in [4.78, 5) is 2.33. The molecule has 1 heterocycles. The number of ether oxygens (including phenoxy) is 1. The van der Waals surface area contributed by atoms with Crippen molar-refractivity contribution in [2.75, 3.05) is 32.8 Å². The van der Waals surface area contributed by atoms with Crippen LogP contribution in [0.25, 0.3) is 6.08 Å². The molecule has 140 valence electrons. The van der Waals surface area contributed by atoms with E-state index in [1.807, 2.05) is 31.2 Å². The minimum Gasteiger partial charge on any atom is -0.379 e. The van der Waals surface area contributed by atoms with Crippen LogP contribution in [0.4, 0.5) is 0 Å². The van der Waals surface area contributed by atoms with Gasteiger partial charge in [-0.05, 0) is 30.9 Å². The van der Waals surface area contributed by atoms with Gasteiger partial charge in [0.1, 0.15) is 0 Å². The van der Waals surface area contributed by atoms with Gasteiger partial charge in [0.05, 0.1) is 13.2 Å². The summed E-state index contributed by atoms with van der Waals surface area (Å²) >= 11 is 0. The van der Waals surface area contributed by atoms with Crippen LogP contribution in [-0.2, 0) is 14.8 Å². The number of nitrogens with zero attached hydrogens (tertiary/aromatic N) is 1. The van der Waals surface area contributed by atoms with E-state index in [0.717, 1.165) is 30.6 Å². The average Bonchev–Trinajstić information content (AvgIpc) is 2.59. The maximum Gasteiger partial charge on any atom is 0.233 e. The molecule has 1 unspecified atom stereocenters. The fraction of sp³-hybridized carbons (Fsp3) is 0.579. The predicted octanol–water partition coefficient (Wildman–Crippen LogP) is 2.63. The van der Waals surface area contributed by atoms with E-state index in [-0.39, 0.29) is 6.04 Å². The van der Waals surface area contributed by atoms with Gasteiger partial charge < -0.3 is 4.74 Å². The molecule has 6 heteroatoms. The molecule has 0 bridgehead atoms. The van der Waals surface area contributed by atoms with Gasteiger partial charge in [-0.3, -0.25) is 4.90 Å². The smallest absolute Gasteiger partial charge is 0.233 e. The normalized spacial score (nSPS) is 18.1. The largest absolute Gasteiger partial charge is 0.379 e. The minimum absolute atomic E-state index is 0.200. The molecule has 0 saturated carbocycles. The van der Waals surface area contributed by atoms with Gasteiger partial charge in [0.25, 0.3) is 0 Å². The van der Waals surface area contributed by atoms with Crippen LogP contribution in [0.15, 0.2) is 29.7 Å². The Balaban J connectivity index is 1.95. The number of hydrogen-bond acceptors (Lipinski definition) is 4. The Morgan fingerprint density at radius 1 is 1.20 bits per heavy atom. The van der Waals surface area contributed by atoms with Gasteiger partial charge in [-0.2, -0.15) is 0 Å². The van der Waals surface area contributed by atoms with E-state index >= 15 is 0 Å². The van der Waals surface area contributed by atoms with Crippen LogP contribution in [0.2, 0.25) is 0 Å². The lowest BCUT2D eigenvalue weighted by Gasteiger charge is -2.35. The molecule has 5 nitrogen and oxygen atoms in total. The molecule has 1 aromatic carbocycles. The van der Waals surface area contributed by atoms with Crippen molar-refractivity contribution in [3.05, 3.63) is 40.8 Å². The molecule has 1 N–H and O–H groups in total. The highest BCUT2D eigenvalue weighted by Gasteiger charge is 2.23. The number of sulfonamides is 1. The van der Waals surface area contributed by atoms with Crippen molar-refractivity contribution in [2.24, 2.45) is 5.92 Å². The van der Waals surface area contributed by atoms with Gasteiger partial charge in [-0.25, -0.2) is 13.1 Å². The molecule has 1 aromatic rings. The van der Waals surface area contributed by atoms with Crippen LogP contribution in [0, 0.1) is 12.8 Å². The Morgan fingerprint density at radius 3 is 2.44 bits per heavy atom. The lowest BCUT2D eigenvalue weighted by Crippen LogP contribution is -2.49. The molecule has 0 aliphatic carbocycles. The SMILES string of the molecule is Cc1ccc(/C=C/S(=O)(=O)NCC(CC(C)C)N2CCOCC2)cc1. The van der Waals surface area contributed by atoms with E-state index in [4.69, 9.17) is 4.74 Å². The van der Waals surface area contributed by atoms with Crippen molar-refractivity contribution in [2.45, 2.75) is 33.2 Å². The van der Waals surface area contributed by atoms with Gasteiger partial charge in [0.15, 0.2) is 0 Å². The predicted molar refractivity (Wildman–Crippen MR) is 103 cm³/mol. The average molecular weight is 367 g/mol. The number of hydrogen-bond donors (Lipinski definition) is 1. The van der Waals surface area contributed by atoms with Crippen LogP contribution in [0.5, 0.6) is 0 Å². The highest BCUT2D eigenvalue weighted by Crippen LogP contribution is 2.13. The second-order valence-corrected chi connectivity index (χ2v) is 8.69. The third-order valence-corrected chi connectivity index (χ3v) is 5.41. The van der Waals surface area contributed by atoms with Crippen molar-refractivity contribution < 1.29 is 13.2 Å². The molecule has 1 fully saturated rings. The van der Waals surface area contributed by atoms with E-state index in [1.165, 1.54) is 5.41 Å². The van der Waals surface area contributed by atoms with Gasteiger partial charge in [-0.15, -0.1) is 0 Å². The molecule has 2 rings (SSSR count). The molecule has 1 aliphatic rings. The fourth-order valence-corrected chi connectivity index (χ4v) is 3.81. The summed E-state index contributed by atoms with van der Waals surface area (Å²) in [7, 11) is -3.45. The summed E-state index contributed by atoms with van der Waals surface area (Å²) < 4.78 is 32.8. The number of rotatable bonds is 8. The van der Waals surface area contributed by atoms with Gasteiger partial charge in [0.2, 0.25) is 10.0 Å². The molecule has 1 saturated heterocycles. The summed E-state index contributed by atoms with van der Waals surface area (Å²) in [6.07, 6.45) is 2.60. The highest BCUT2D eigenvalue weighted by atomic mass is 32.2. The lowest BCUT2D eigenvalue weighted by atomic mass is 10.0. The summed E-state index contributed by atoms with van der Waals surface area (Å²) in [6, 6.07) is 7.97. The van der Waals surface area contributed by atoms with Crippen LogP contribution in [0.1, 0.15) is 31.4 Å². The molecule has 0 radical (unpaired) electrons. The monoisotopic (exact) mass is 366 g/mol. The molecule has 0 aromatic heterocycles. The quantitative estimate of drug-likeness (QED) is 0.768. The summed E-state index contributed by atoms with van der Waals surface area (Å²) in [5.74, 6) is 0.514.